The monoisotopic (exact) mass is 262 g/mol. The maximum atomic E-state index is 11.8. The van der Waals surface area contributed by atoms with Crippen molar-refractivity contribution in [3.8, 4) is 11.5 Å². The van der Waals surface area contributed by atoms with Crippen LogP contribution in [0.5, 0.6) is 11.5 Å². The van der Waals surface area contributed by atoms with Crippen molar-refractivity contribution in [2.24, 2.45) is 7.05 Å². The molecule has 0 radical (unpaired) electrons. The second kappa shape index (κ2) is 5.38. The van der Waals surface area contributed by atoms with Crippen LogP contribution in [0.1, 0.15) is 16.2 Å². The van der Waals surface area contributed by atoms with Gasteiger partial charge in [-0.3, -0.25) is 4.79 Å². The summed E-state index contributed by atoms with van der Waals surface area (Å²) in [6, 6.07) is 3.92. The predicted molar refractivity (Wildman–Crippen MR) is 66.8 cm³/mol. The van der Waals surface area contributed by atoms with Gasteiger partial charge >= 0.3 is 0 Å². The van der Waals surface area contributed by atoms with Gasteiger partial charge in [-0.25, -0.2) is 0 Å². The molecule has 1 amide bonds. The lowest BCUT2D eigenvalue weighted by atomic mass is 10.2. The zero-order valence-corrected chi connectivity index (χ0v) is 10.4. The minimum absolute atomic E-state index is 0.254. The molecule has 0 fully saturated rings. The molecule has 1 heterocycles. The molecule has 1 aromatic carbocycles. The fraction of sp³-hybridized carbons (Fsp3) is 0.250. The fourth-order valence-corrected chi connectivity index (χ4v) is 1.59. The molecule has 2 aromatic rings. The second-order valence-corrected chi connectivity index (χ2v) is 4.07. The van der Waals surface area contributed by atoms with Crippen molar-refractivity contribution >= 4 is 5.91 Å². The van der Waals surface area contributed by atoms with Crippen molar-refractivity contribution < 1.29 is 15.0 Å². The molecule has 3 N–H and O–H groups in total. The molecule has 0 aliphatic rings. The third kappa shape index (κ3) is 3.01. The normalized spacial score (nSPS) is 10.4. The highest BCUT2D eigenvalue weighted by molar-refractivity contribution is 5.94. The predicted octanol–water partition coefficient (Wildman–Crippen LogP) is 0.199. The molecule has 19 heavy (non-hydrogen) atoms. The van der Waals surface area contributed by atoms with Crippen LogP contribution < -0.4 is 5.32 Å². The van der Waals surface area contributed by atoms with Gasteiger partial charge in [0.15, 0.2) is 11.5 Å². The standard InChI is InChI=1S/C12H14N4O3/c1-16-7-14-15-11(16)4-5-13-12(19)8-2-3-9(17)10(18)6-8/h2-3,6-7,17-18H,4-5H2,1H3,(H,13,19). The number of aromatic hydroxyl groups is 2. The lowest BCUT2D eigenvalue weighted by molar-refractivity contribution is 0.0953. The van der Waals surface area contributed by atoms with Crippen LogP contribution in [0, 0.1) is 0 Å². The van der Waals surface area contributed by atoms with Gasteiger partial charge in [-0.05, 0) is 18.2 Å². The molecule has 0 saturated heterocycles. The molecule has 0 aliphatic heterocycles. The number of phenols is 2. The summed E-state index contributed by atoms with van der Waals surface area (Å²) in [5, 5.41) is 28.8. The van der Waals surface area contributed by atoms with E-state index in [1.165, 1.54) is 18.2 Å². The van der Waals surface area contributed by atoms with Crippen molar-refractivity contribution in [3.63, 3.8) is 0 Å². The average molecular weight is 262 g/mol. The summed E-state index contributed by atoms with van der Waals surface area (Å²) in [5.74, 6) is -0.122. The molecule has 0 saturated carbocycles. The first-order valence-corrected chi connectivity index (χ1v) is 5.71. The number of hydrogen-bond donors (Lipinski definition) is 3. The smallest absolute Gasteiger partial charge is 0.251 e. The van der Waals surface area contributed by atoms with Gasteiger partial charge in [0.05, 0.1) is 0 Å². The van der Waals surface area contributed by atoms with E-state index in [1.807, 2.05) is 7.05 Å². The third-order valence-electron chi connectivity index (χ3n) is 2.68. The van der Waals surface area contributed by atoms with Gasteiger partial charge in [-0.1, -0.05) is 0 Å². The Morgan fingerprint density at radius 1 is 1.37 bits per heavy atom. The summed E-state index contributed by atoms with van der Waals surface area (Å²) >= 11 is 0. The number of phenolic OH excluding ortho intramolecular Hbond substituents is 2. The Hall–Kier alpha value is -2.57. The van der Waals surface area contributed by atoms with Crippen LogP contribution in [0.2, 0.25) is 0 Å². The zero-order valence-electron chi connectivity index (χ0n) is 10.4. The molecule has 0 atom stereocenters. The topological polar surface area (TPSA) is 100 Å². The van der Waals surface area contributed by atoms with E-state index in [-0.39, 0.29) is 23.0 Å². The van der Waals surface area contributed by atoms with Crippen LogP contribution >= 0.6 is 0 Å². The number of carbonyl (C=O) groups is 1. The maximum Gasteiger partial charge on any atom is 0.251 e. The van der Waals surface area contributed by atoms with E-state index in [2.05, 4.69) is 15.5 Å². The Morgan fingerprint density at radius 2 is 2.16 bits per heavy atom. The van der Waals surface area contributed by atoms with Crippen molar-refractivity contribution in [2.45, 2.75) is 6.42 Å². The Labute approximate surface area is 109 Å². The lowest BCUT2D eigenvalue weighted by Gasteiger charge is -2.06. The van der Waals surface area contributed by atoms with Crippen molar-refractivity contribution in [1.29, 1.82) is 0 Å². The first kappa shape index (κ1) is 12.9. The highest BCUT2D eigenvalue weighted by Crippen LogP contribution is 2.24. The van der Waals surface area contributed by atoms with E-state index in [4.69, 9.17) is 5.11 Å². The number of rotatable bonds is 4. The van der Waals surface area contributed by atoms with Gasteiger partial charge in [-0.2, -0.15) is 0 Å². The number of aryl methyl sites for hydroxylation is 1. The van der Waals surface area contributed by atoms with E-state index in [9.17, 15) is 9.90 Å². The Balaban J connectivity index is 1.91. The second-order valence-electron chi connectivity index (χ2n) is 4.07. The van der Waals surface area contributed by atoms with Crippen LogP contribution in [0.4, 0.5) is 0 Å². The van der Waals surface area contributed by atoms with Gasteiger partial charge in [-0.15, -0.1) is 10.2 Å². The van der Waals surface area contributed by atoms with E-state index in [0.717, 1.165) is 5.82 Å². The minimum Gasteiger partial charge on any atom is -0.504 e. The molecule has 0 aliphatic carbocycles. The Kier molecular flexibility index (Phi) is 3.65. The minimum atomic E-state index is -0.322. The van der Waals surface area contributed by atoms with Gasteiger partial charge in [0.1, 0.15) is 12.2 Å². The lowest BCUT2D eigenvalue weighted by Crippen LogP contribution is -2.26. The highest BCUT2D eigenvalue weighted by atomic mass is 16.3. The number of nitrogens with zero attached hydrogens (tertiary/aromatic N) is 3. The van der Waals surface area contributed by atoms with Crippen LogP contribution in [0.25, 0.3) is 0 Å². The SMILES string of the molecule is Cn1cnnc1CCNC(=O)c1ccc(O)c(O)c1. The van der Waals surface area contributed by atoms with E-state index in [1.54, 1.807) is 10.9 Å². The van der Waals surface area contributed by atoms with Gasteiger partial charge in [0.2, 0.25) is 0 Å². The van der Waals surface area contributed by atoms with Gasteiger partial charge in [0.25, 0.3) is 5.91 Å². The van der Waals surface area contributed by atoms with E-state index in [0.29, 0.717) is 13.0 Å². The Morgan fingerprint density at radius 3 is 2.79 bits per heavy atom. The van der Waals surface area contributed by atoms with Gasteiger partial charge < -0.3 is 20.1 Å². The quantitative estimate of drug-likeness (QED) is 0.683. The molecule has 2 rings (SSSR count). The highest BCUT2D eigenvalue weighted by Gasteiger charge is 2.09. The van der Waals surface area contributed by atoms with Crippen LogP contribution in [-0.4, -0.2) is 37.4 Å². The molecule has 0 unspecified atom stereocenters. The summed E-state index contributed by atoms with van der Waals surface area (Å²) < 4.78 is 1.78. The third-order valence-corrected chi connectivity index (χ3v) is 2.68. The Bertz CT molecular complexity index is 594. The maximum absolute atomic E-state index is 11.8. The summed E-state index contributed by atoms with van der Waals surface area (Å²) in [7, 11) is 1.83. The van der Waals surface area contributed by atoms with Crippen molar-refractivity contribution in [2.75, 3.05) is 6.54 Å². The zero-order chi connectivity index (χ0) is 13.8. The fourth-order valence-electron chi connectivity index (χ4n) is 1.59. The molecule has 0 bridgehead atoms. The molecule has 0 spiro atoms. The van der Waals surface area contributed by atoms with Crippen LogP contribution in [0.3, 0.4) is 0 Å². The first-order valence-electron chi connectivity index (χ1n) is 5.71. The summed E-state index contributed by atoms with van der Waals surface area (Å²) in [5.41, 5.74) is 0.285. The van der Waals surface area contributed by atoms with Crippen LogP contribution in [-0.2, 0) is 13.5 Å². The van der Waals surface area contributed by atoms with Crippen molar-refractivity contribution in [3.05, 3.63) is 35.9 Å². The summed E-state index contributed by atoms with van der Waals surface area (Å²) in [4.78, 5) is 11.8. The first-order chi connectivity index (χ1) is 9.08. The number of benzene rings is 1. The largest absolute Gasteiger partial charge is 0.504 e. The van der Waals surface area contributed by atoms with Gasteiger partial charge in [0, 0.05) is 25.6 Å². The molecule has 7 heteroatoms. The summed E-state index contributed by atoms with van der Waals surface area (Å²) in [6.07, 6.45) is 2.15. The number of hydrogen-bond acceptors (Lipinski definition) is 5. The number of amides is 1. The number of carbonyl (C=O) groups excluding carboxylic acids is 1. The van der Waals surface area contributed by atoms with Crippen LogP contribution in [0.15, 0.2) is 24.5 Å². The molecular formula is C12H14N4O3. The van der Waals surface area contributed by atoms with E-state index < -0.39 is 0 Å². The summed E-state index contributed by atoms with van der Waals surface area (Å²) in [6.45, 7) is 0.410. The number of nitrogens with one attached hydrogen (secondary N) is 1. The molecule has 1 aromatic heterocycles. The van der Waals surface area contributed by atoms with E-state index >= 15 is 0 Å². The molecular weight excluding hydrogens is 248 g/mol. The molecule has 100 valence electrons. The van der Waals surface area contributed by atoms with Crippen molar-refractivity contribution in [1.82, 2.24) is 20.1 Å². The number of aromatic nitrogens is 3. The molecule has 7 nitrogen and oxygen atoms in total. The average Bonchev–Trinajstić information content (AvgIpc) is 2.78.